The summed E-state index contributed by atoms with van der Waals surface area (Å²) in [7, 11) is 0. The van der Waals surface area contributed by atoms with Crippen molar-refractivity contribution < 1.29 is 8.78 Å². The maximum Gasteiger partial charge on any atom is 0.225 e. The summed E-state index contributed by atoms with van der Waals surface area (Å²) in [5.74, 6) is 0.205. The Morgan fingerprint density at radius 2 is 1.97 bits per heavy atom. The topological polar surface area (TPSA) is 85.2 Å². The molecule has 0 amide bonds. The molecule has 1 fully saturated rings. The number of halogens is 2. The molecular formula is C21H23F2N7. The molecule has 7 nitrogen and oxygen atoms in total. The molecule has 9 heteroatoms. The van der Waals surface area contributed by atoms with Crippen LogP contribution in [0.4, 0.5) is 20.7 Å². The predicted octanol–water partition coefficient (Wildman–Crippen LogP) is 1.76. The first-order valence-corrected chi connectivity index (χ1v) is 9.84. The lowest BCUT2D eigenvalue weighted by Gasteiger charge is -2.31. The highest BCUT2D eigenvalue weighted by Crippen LogP contribution is 2.23. The highest BCUT2D eigenvalue weighted by Gasteiger charge is 2.22. The molecule has 30 heavy (non-hydrogen) atoms. The number of allylic oxidation sites excluding steroid dienone is 1. The standard InChI is InChI=1S/C21H23F2N7/c1-3-16-18(17(23)4-2)28-20(24)30-12-15(27-19(16)30)9-13-5-7-29(8-6-13)21-25-10-14(22)11-26-21/h3-4,10-13H,2,5-9H2,1H3,(H2,24,28)/b16-3+,18-17-. The molecule has 0 spiro atoms. The largest absolute Gasteiger partial charge is 0.369 e. The van der Waals surface area contributed by atoms with E-state index in [1.807, 2.05) is 13.1 Å². The van der Waals surface area contributed by atoms with Gasteiger partial charge in [0, 0.05) is 24.5 Å². The monoisotopic (exact) mass is 411 g/mol. The van der Waals surface area contributed by atoms with Crippen LogP contribution in [0.15, 0.2) is 31.2 Å². The molecule has 0 aliphatic carbocycles. The van der Waals surface area contributed by atoms with E-state index in [9.17, 15) is 8.78 Å². The minimum absolute atomic E-state index is 0.155. The Morgan fingerprint density at radius 1 is 1.27 bits per heavy atom. The summed E-state index contributed by atoms with van der Waals surface area (Å²) in [6.45, 7) is 6.88. The smallest absolute Gasteiger partial charge is 0.225 e. The Balaban J connectivity index is 1.55. The van der Waals surface area contributed by atoms with Crippen LogP contribution >= 0.6 is 0 Å². The number of rotatable bonds is 4. The molecule has 0 radical (unpaired) electrons. The number of nitrogen functional groups attached to an aromatic ring is 1. The van der Waals surface area contributed by atoms with Gasteiger partial charge in [0.2, 0.25) is 11.9 Å². The van der Waals surface area contributed by atoms with Gasteiger partial charge in [-0.25, -0.2) is 28.7 Å². The van der Waals surface area contributed by atoms with Crippen LogP contribution in [0.2, 0.25) is 0 Å². The van der Waals surface area contributed by atoms with Gasteiger partial charge in [0.15, 0.2) is 5.82 Å². The second-order valence-corrected chi connectivity index (χ2v) is 7.33. The van der Waals surface area contributed by atoms with Crippen molar-refractivity contribution in [1.29, 1.82) is 0 Å². The number of hydrogen-bond acceptors (Lipinski definition) is 6. The minimum atomic E-state index is -0.530. The van der Waals surface area contributed by atoms with Crippen LogP contribution in [0.25, 0.3) is 17.6 Å². The van der Waals surface area contributed by atoms with E-state index in [-0.39, 0.29) is 11.3 Å². The van der Waals surface area contributed by atoms with E-state index in [1.54, 1.807) is 10.5 Å². The van der Waals surface area contributed by atoms with Crippen LogP contribution in [0, 0.1) is 11.7 Å². The first-order chi connectivity index (χ1) is 14.5. The Labute approximate surface area is 172 Å². The predicted molar refractivity (Wildman–Crippen MR) is 112 cm³/mol. The summed E-state index contributed by atoms with van der Waals surface area (Å²) in [5.41, 5.74) is 7.52. The molecule has 1 saturated heterocycles. The molecule has 0 aromatic carbocycles. The Kier molecular flexibility index (Phi) is 5.43. The molecule has 4 heterocycles. The number of piperidine rings is 1. The van der Waals surface area contributed by atoms with E-state index in [1.165, 1.54) is 12.4 Å². The fourth-order valence-electron chi connectivity index (χ4n) is 3.87. The summed E-state index contributed by atoms with van der Waals surface area (Å²) < 4.78 is 28.9. The fourth-order valence-corrected chi connectivity index (χ4v) is 3.87. The number of nitrogens with two attached hydrogens (primary N) is 1. The molecule has 4 rings (SSSR count). The highest BCUT2D eigenvalue weighted by atomic mass is 19.1. The Morgan fingerprint density at radius 3 is 2.60 bits per heavy atom. The zero-order chi connectivity index (χ0) is 21.3. The molecule has 0 atom stereocenters. The van der Waals surface area contributed by atoms with Crippen LogP contribution in [0.5, 0.6) is 0 Å². The van der Waals surface area contributed by atoms with Crippen molar-refractivity contribution in [3.8, 4) is 0 Å². The molecule has 1 aliphatic rings. The van der Waals surface area contributed by atoms with Gasteiger partial charge in [-0.05, 0) is 38.2 Å². The second kappa shape index (κ2) is 8.17. The molecular weight excluding hydrogens is 388 g/mol. The quantitative estimate of drug-likeness (QED) is 0.704. The lowest BCUT2D eigenvalue weighted by atomic mass is 9.92. The van der Waals surface area contributed by atoms with Crippen molar-refractivity contribution in [2.45, 2.75) is 26.2 Å². The van der Waals surface area contributed by atoms with Crippen molar-refractivity contribution >= 4 is 29.4 Å². The molecule has 0 bridgehead atoms. The van der Waals surface area contributed by atoms with Crippen molar-refractivity contribution in [3.63, 3.8) is 0 Å². The lowest BCUT2D eigenvalue weighted by Crippen LogP contribution is -2.35. The number of aromatic nitrogens is 5. The number of nitrogens with zero attached hydrogens (tertiary/aromatic N) is 6. The molecule has 3 aromatic rings. The zero-order valence-corrected chi connectivity index (χ0v) is 16.7. The Bertz CT molecular complexity index is 1190. The normalized spacial score (nSPS) is 16.9. The fraction of sp³-hybridized carbons (Fsp3) is 0.333. The van der Waals surface area contributed by atoms with E-state index in [2.05, 4.69) is 26.4 Å². The Hall–Kier alpha value is -3.36. The van der Waals surface area contributed by atoms with Gasteiger partial charge in [-0.1, -0.05) is 12.7 Å². The van der Waals surface area contributed by atoms with E-state index >= 15 is 0 Å². The van der Waals surface area contributed by atoms with Gasteiger partial charge >= 0.3 is 0 Å². The number of imidazole rings is 1. The summed E-state index contributed by atoms with van der Waals surface area (Å²) in [4.78, 5) is 19.1. The molecule has 1 aliphatic heterocycles. The maximum atomic E-state index is 14.2. The van der Waals surface area contributed by atoms with Gasteiger partial charge in [-0.15, -0.1) is 0 Å². The third-order valence-corrected chi connectivity index (χ3v) is 5.42. The van der Waals surface area contributed by atoms with Gasteiger partial charge in [0.25, 0.3) is 0 Å². The van der Waals surface area contributed by atoms with Crippen molar-refractivity contribution in [2.24, 2.45) is 5.92 Å². The summed E-state index contributed by atoms with van der Waals surface area (Å²) in [6, 6.07) is 0. The molecule has 156 valence electrons. The van der Waals surface area contributed by atoms with Gasteiger partial charge in [-0.2, -0.15) is 0 Å². The van der Waals surface area contributed by atoms with Gasteiger partial charge in [0.1, 0.15) is 16.8 Å². The second-order valence-electron chi connectivity index (χ2n) is 7.33. The summed E-state index contributed by atoms with van der Waals surface area (Å²) in [5, 5.41) is 0.749. The van der Waals surface area contributed by atoms with E-state index in [0.29, 0.717) is 22.7 Å². The van der Waals surface area contributed by atoms with E-state index in [4.69, 9.17) is 10.7 Å². The van der Waals surface area contributed by atoms with Crippen molar-refractivity contribution in [2.75, 3.05) is 23.7 Å². The van der Waals surface area contributed by atoms with Crippen molar-refractivity contribution in [3.05, 3.63) is 53.3 Å². The van der Waals surface area contributed by atoms with Gasteiger partial charge in [0.05, 0.1) is 18.1 Å². The third-order valence-electron chi connectivity index (χ3n) is 5.42. The van der Waals surface area contributed by atoms with Crippen LogP contribution in [-0.4, -0.2) is 37.4 Å². The number of hydrogen-bond donors (Lipinski definition) is 1. The SMILES string of the molecule is C=C/C(F)=c1/nc(N)n2cc(CC3CCN(c4ncc(F)cn4)CC3)nc2/c1=C/C. The average molecular weight is 411 g/mol. The van der Waals surface area contributed by atoms with Crippen LogP contribution in [-0.2, 0) is 6.42 Å². The molecule has 2 N–H and O–H groups in total. The van der Waals surface area contributed by atoms with Gasteiger partial charge < -0.3 is 10.6 Å². The minimum Gasteiger partial charge on any atom is -0.369 e. The first kappa shape index (κ1) is 19.9. The zero-order valence-electron chi connectivity index (χ0n) is 16.7. The maximum absolute atomic E-state index is 14.2. The number of anilines is 2. The van der Waals surface area contributed by atoms with E-state index < -0.39 is 11.6 Å². The van der Waals surface area contributed by atoms with Crippen LogP contribution < -0.4 is 21.2 Å². The third kappa shape index (κ3) is 3.74. The average Bonchev–Trinajstić information content (AvgIpc) is 3.18. The molecule has 3 aromatic heterocycles. The van der Waals surface area contributed by atoms with Crippen LogP contribution in [0.1, 0.15) is 25.5 Å². The first-order valence-electron chi connectivity index (χ1n) is 9.84. The van der Waals surface area contributed by atoms with Gasteiger partial charge in [-0.3, -0.25) is 4.40 Å². The summed E-state index contributed by atoms with van der Waals surface area (Å²) >= 11 is 0. The molecule has 0 saturated carbocycles. The highest BCUT2D eigenvalue weighted by molar-refractivity contribution is 5.55. The van der Waals surface area contributed by atoms with Crippen LogP contribution in [0.3, 0.4) is 0 Å². The van der Waals surface area contributed by atoms with Crippen molar-refractivity contribution in [1.82, 2.24) is 24.3 Å². The van der Waals surface area contributed by atoms with E-state index in [0.717, 1.165) is 44.1 Å². The lowest BCUT2D eigenvalue weighted by molar-refractivity contribution is 0.397. The summed E-state index contributed by atoms with van der Waals surface area (Å²) in [6.07, 6.45) is 9.81. The number of fused-ring (bicyclic) bond motifs is 1. The molecule has 0 unspecified atom stereocenters.